The summed E-state index contributed by atoms with van der Waals surface area (Å²) in [5, 5.41) is 10.3. The summed E-state index contributed by atoms with van der Waals surface area (Å²) in [6.07, 6.45) is -3.22. The lowest BCUT2D eigenvalue weighted by molar-refractivity contribution is -0.137. The van der Waals surface area contributed by atoms with Crippen LogP contribution in [0.2, 0.25) is 5.02 Å². The molecule has 4 rings (SSSR count). The first kappa shape index (κ1) is 27.8. The van der Waals surface area contributed by atoms with Gasteiger partial charge in [0.25, 0.3) is 11.5 Å². The van der Waals surface area contributed by atoms with Crippen molar-refractivity contribution in [3.05, 3.63) is 98.9 Å². The normalized spacial score (nSPS) is 11.9. The molecule has 0 radical (unpaired) electrons. The number of carbonyl (C=O) groups excluding carboxylic acids is 2. The van der Waals surface area contributed by atoms with Crippen molar-refractivity contribution < 1.29 is 22.8 Å². The topological polar surface area (TPSA) is 93.1 Å². The molecule has 0 aliphatic heterocycles. The fourth-order valence-corrected chi connectivity index (χ4v) is 3.92. The summed E-state index contributed by atoms with van der Waals surface area (Å²) < 4.78 is 40.3. The van der Waals surface area contributed by atoms with Crippen molar-refractivity contribution in [1.82, 2.24) is 15.1 Å². The minimum absolute atomic E-state index is 0.0479. The predicted molar refractivity (Wildman–Crippen MR) is 143 cm³/mol. The molecule has 0 saturated heterocycles. The molecule has 0 bridgehead atoms. The molecule has 1 heterocycles. The number of amides is 2. The van der Waals surface area contributed by atoms with Gasteiger partial charge in [-0.3, -0.25) is 14.4 Å². The first-order valence-corrected chi connectivity index (χ1v) is 12.2. The Bertz CT molecular complexity index is 1640. The maximum Gasteiger partial charge on any atom is 0.416 e. The average Bonchev–Trinajstić information content (AvgIpc) is 2.87. The van der Waals surface area contributed by atoms with Gasteiger partial charge in [0.1, 0.15) is 0 Å². The van der Waals surface area contributed by atoms with Crippen molar-refractivity contribution in [2.24, 2.45) is 5.41 Å². The molecule has 4 aromatic rings. The van der Waals surface area contributed by atoms with Crippen LogP contribution >= 0.6 is 11.6 Å². The van der Waals surface area contributed by atoms with Gasteiger partial charge in [0.2, 0.25) is 5.91 Å². The Morgan fingerprint density at radius 1 is 1.00 bits per heavy atom. The van der Waals surface area contributed by atoms with E-state index in [1.807, 2.05) is 0 Å². The molecule has 2 N–H and O–H groups in total. The second-order valence-electron chi connectivity index (χ2n) is 9.91. The van der Waals surface area contributed by atoms with Gasteiger partial charge in [-0.25, -0.2) is 0 Å². The summed E-state index contributed by atoms with van der Waals surface area (Å²) in [6.45, 7) is 5.57. The number of halogens is 4. The van der Waals surface area contributed by atoms with Crippen LogP contribution in [0.15, 0.2) is 71.7 Å². The number of nitrogens with one attached hydrogen (secondary N) is 2. The average molecular weight is 557 g/mol. The van der Waals surface area contributed by atoms with E-state index in [2.05, 4.69) is 15.7 Å². The van der Waals surface area contributed by atoms with E-state index in [0.717, 1.165) is 16.8 Å². The van der Waals surface area contributed by atoms with Crippen molar-refractivity contribution in [2.75, 3.05) is 5.32 Å². The lowest BCUT2D eigenvalue weighted by Gasteiger charge is -2.18. The standard InChI is InChI=1S/C28H24ClF3N4O3/c1-27(2,3)26(39)33-14-16-7-10-23(29)22(11-16)24(37)35-19-9-8-17-15-34-36(25(38)21(17)13-19)20-6-4-5-18(12-20)28(30,31)32/h4-13,15H,14H2,1-3H3,(H,33,39)(H,35,37). The number of hydrogen-bond acceptors (Lipinski definition) is 4. The fraction of sp³-hybridized carbons (Fsp3) is 0.214. The van der Waals surface area contributed by atoms with Crippen molar-refractivity contribution >= 4 is 39.9 Å². The zero-order valence-electron chi connectivity index (χ0n) is 21.2. The molecule has 0 saturated carbocycles. The van der Waals surface area contributed by atoms with Gasteiger partial charge in [-0.2, -0.15) is 23.0 Å². The van der Waals surface area contributed by atoms with E-state index in [0.29, 0.717) is 10.9 Å². The molecule has 0 fully saturated rings. The van der Waals surface area contributed by atoms with Crippen LogP contribution in [0.25, 0.3) is 16.5 Å². The lowest BCUT2D eigenvalue weighted by Crippen LogP contribution is -2.34. The maximum atomic E-state index is 13.2. The Kier molecular flexibility index (Phi) is 7.52. The third-order valence-corrected chi connectivity index (χ3v) is 6.20. The van der Waals surface area contributed by atoms with Crippen LogP contribution < -0.4 is 16.2 Å². The maximum absolute atomic E-state index is 13.2. The molecule has 7 nitrogen and oxygen atoms in total. The van der Waals surface area contributed by atoms with Crippen LogP contribution in [-0.4, -0.2) is 21.6 Å². The number of hydrogen-bond donors (Lipinski definition) is 2. The van der Waals surface area contributed by atoms with Crippen molar-refractivity contribution in [3.63, 3.8) is 0 Å². The van der Waals surface area contributed by atoms with E-state index in [9.17, 15) is 27.6 Å². The zero-order chi connectivity index (χ0) is 28.5. The molecule has 0 unspecified atom stereocenters. The Hall–Kier alpha value is -4.18. The number of aromatic nitrogens is 2. The Morgan fingerprint density at radius 3 is 2.44 bits per heavy atom. The summed E-state index contributed by atoms with van der Waals surface area (Å²) in [5.41, 5.74) is -1.09. The van der Waals surface area contributed by atoms with Gasteiger partial charge in [0.05, 0.1) is 33.4 Å². The van der Waals surface area contributed by atoms with Gasteiger partial charge >= 0.3 is 6.18 Å². The third kappa shape index (κ3) is 6.28. The van der Waals surface area contributed by atoms with Crippen molar-refractivity contribution in [1.29, 1.82) is 0 Å². The number of anilines is 1. The Balaban J connectivity index is 1.61. The van der Waals surface area contributed by atoms with E-state index in [1.165, 1.54) is 24.4 Å². The first-order valence-electron chi connectivity index (χ1n) is 11.8. The molecule has 3 aromatic carbocycles. The molecule has 0 spiro atoms. The number of carbonyl (C=O) groups is 2. The van der Waals surface area contributed by atoms with Gasteiger partial charge in [-0.05, 0) is 48.0 Å². The monoisotopic (exact) mass is 556 g/mol. The van der Waals surface area contributed by atoms with Gasteiger partial charge < -0.3 is 10.6 Å². The summed E-state index contributed by atoms with van der Waals surface area (Å²) in [7, 11) is 0. The number of alkyl halides is 3. The van der Waals surface area contributed by atoms with Gasteiger partial charge in [-0.1, -0.05) is 50.6 Å². The van der Waals surface area contributed by atoms with Gasteiger partial charge in [0, 0.05) is 23.0 Å². The number of rotatable bonds is 5. The van der Waals surface area contributed by atoms with E-state index in [-0.39, 0.29) is 39.8 Å². The summed E-state index contributed by atoms with van der Waals surface area (Å²) in [6, 6.07) is 13.6. The van der Waals surface area contributed by atoms with Crippen LogP contribution in [0.5, 0.6) is 0 Å². The summed E-state index contributed by atoms with van der Waals surface area (Å²) in [5.74, 6) is -0.694. The Morgan fingerprint density at radius 2 is 1.74 bits per heavy atom. The minimum atomic E-state index is -4.58. The zero-order valence-corrected chi connectivity index (χ0v) is 21.9. The molecular weight excluding hydrogens is 533 g/mol. The summed E-state index contributed by atoms with van der Waals surface area (Å²) >= 11 is 6.26. The molecule has 2 amide bonds. The van der Waals surface area contributed by atoms with Crippen LogP contribution in [0.1, 0.15) is 42.3 Å². The largest absolute Gasteiger partial charge is 0.416 e. The second kappa shape index (κ2) is 10.5. The molecule has 39 heavy (non-hydrogen) atoms. The second-order valence-corrected chi connectivity index (χ2v) is 10.3. The Labute approximate surface area is 226 Å². The SMILES string of the molecule is CC(C)(C)C(=O)NCc1ccc(Cl)c(C(=O)Nc2ccc3cnn(-c4cccc(C(F)(F)F)c4)c(=O)c3c2)c1. The number of benzene rings is 3. The highest BCUT2D eigenvalue weighted by Crippen LogP contribution is 2.30. The fourth-order valence-electron chi connectivity index (χ4n) is 3.72. The molecule has 11 heteroatoms. The highest BCUT2D eigenvalue weighted by molar-refractivity contribution is 6.34. The smallest absolute Gasteiger partial charge is 0.352 e. The molecule has 0 atom stereocenters. The van der Waals surface area contributed by atoms with Crippen LogP contribution in [0.3, 0.4) is 0 Å². The van der Waals surface area contributed by atoms with Crippen molar-refractivity contribution in [2.45, 2.75) is 33.5 Å². The van der Waals surface area contributed by atoms with Crippen LogP contribution in [0, 0.1) is 5.41 Å². The molecule has 0 aliphatic carbocycles. The van der Waals surface area contributed by atoms with Gasteiger partial charge in [0.15, 0.2) is 0 Å². The summed E-state index contributed by atoms with van der Waals surface area (Å²) in [4.78, 5) is 38.4. The van der Waals surface area contributed by atoms with Gasteiger partial charge in [-0.15, -0.1) is 0 Å². The first-order chi connectivity index (χ1) is 18.2. The van der Waals surface area contributed by atoms with Crippen LogP contribution in [-0.2, 0) is 17.5 Å². The van der Waals surface area contributed by atoms with Crippen LogP contribution in [0.4, 0.5) is 18.9 Å². The van der Waals surface area contributed by atoms with E-state index in [1.54, 1.807) is 51.1 Å². The quantitative estimate of drug-likeness (QED) is 0.317. The van der Waals surface area contributed by atoms with E-state index >= 15 is 0 Å². The minimum Gasteiger partial charge on any atom is -0.352 e. The molecule has 202 valence electrons. The molecule has 1 aromatic heterocycles. The van der Waals surface area contributed by atoms with E-state index in [4.69, 9.17) is 11.6 Å². The highest BCUT2D eigenvalue weighted by atomic mass is 35.5. The number of nitrogens with zero attached hydrogens (tertiary/aromatic N) is 2. The highest BCUT2D eigenvalue weighted by Gasteiger charge is 2.30. The molecular formula is C28H24ClF3N4O3. The predicted octanol–water partition coefficient (Wildman–Crippen LogP) is 5.97. The third-order valence-electron chi connectivity index (χ3n) is 5.87. The van der Waals surface area contributed by atoms with E-state index < -0.39 is 28.6 Å². The molecule has 0 aliphatic rings. The lowest BCUT2D eigenvalue weighted by atomic mass is 9.95. The van der Waals surface area contributed by atoms with Crippen molar-refractivity contribution in [3.8, 4) is 5.69 Å². The number of fused-ring (bicyclic) bond motifs is 1.